The van der Waals surface area contributed by atoms with Gasteiger partial charge in [-0.15, -0.1) is 0 Å². The second kappa shape index (κ2) is 5.07. The molecule has 1 fully saturated rings. The highest BCUT2D eigenvalue weighted by Gasteiger charge is 2.14. The van der Waals surface area contributed by atoms with E-state index in [-0.39, 0.29) is 10.6 Å². The molecule has 4 heteroatoms. The van der Waals surface area contributed by atoms with Gasteiger partial charge in [0.25, 0.3) is 5.69 Å². The molecule has 1 aromatic rings. The molecule has 1 saturated carbocycles. The quantitative estimate of drug-likeness (QED) is 0.626. The molecule has 0 heterocycles. The van der Waals surface area contributed by atoms with Gasteiger partial charge in [0, 0.05) is 24.7 Å². The van der Waals surface area contributed by atoms with Crippen LogP contribution in [-0.2, 0) is 6.54 Å². The Bertz CT molecular complexity index is 373. The normalized spacial score (nSPS) is 16.5. The smallest absolute Gasteiger partial charge is 0.269 e. The number of nitro groups is 1. The molecule has 0 saturated heterocycles. The van der Waals surface area contributed by atoms with Gasteiger partial charge < -0.3 is 5.32 Å². The highest BCUT2D eigenvalue weighted by atomic mass is 16.6. The van der Waals surface area contributed by atoms with Crippen molar-refractivity contribution in [2.45, 2.75) is 38.3 Å². The van der Waals surface area contributed by atoms with Gasteiger partial charge in [-0.3, -0.25) is 10.1 Å². The van der Waals surface area contributed by atoms with Crippen LogP contribution in [0.4, 0.5) is 5.69 Å². The predicted molar refractivity (Wildman–Crippen MR) is 62.2 cm³/mol. The fourth-order valence-electron chi connectivity index (χ4n) is 2.17. The van der Waals surface area contributed by atoms with Crippen molar-refractivity contribution in [2.24, 2.45) is 0 Å². The average Bonchev–Trinajstić information content (AvgIpc) is 2.79. The second-order valence-corrected chi connectivity index (χ2v) is 4.29. The summed E-state index contributed by atoms with van der Waals surface area (Å²) in [6.45, 7) is 0.729. The Hall–Kier alpha value is -1.42. The lowest BCUT2D eigenvalue weighted by atomic mass is 10.2. The Morgan fingerprint density at radius 3 is 2.81 bits per heavy atom. The maximum atomic E-state index is 10.6. The van der Waals surface area contributed by atoms with Crippen LogP contribution in [0.2, 0.25) is 0 Å². The van der Waals surface area contributed by atoms with Gasteiger partial charge in [0.05, 0.1) is 4.92 Å². The minimum Gasteiger partial charge on any atom is -0.310 e. The third kappa shape index (κ3) is 2.79. The van der Waals surface area contributed by atoms with Gasteiger partial charge in [-0.25, -0.2) is 0 Å². The molecule has 4 nitrogen and oxygen atoms in total. The van der Waals surface area contributed by atoms with E-state index in [1.807, 2.05) is 6.07 Å². The molecule has 1 aliphatic rings. The van der Waals surface area contributed by atoms with Gasteiger partial charge in [-0.05, 0) is 18.4 Å². The molecule has 0 spiro atoms. The SMILES string of the molecule is O=[N+]([O-])c1cccc(CNC2CCCC2)c1. The van der Waals surface area contributed by atoms with Crippen molar-refractivity contribution in [1.29, 1.82) is 0 Å². The van der Waals surface area contributed by atoms with Crippen LogP contribution in [0.1, 0.15) is 31.2 Å². The number of nitrogens with zero attached hydrogens (tertiary/aromatic N) is 1. The largest absolute Gasteiger partial charge is 0.310 e. The van der Waals surface area contributed by atoms with E-state index < -0.39 is 0 Å². The number of rotatable bonds is 4. The summed E-state index contributed by atoms with van der Waals surface area (Å²) in [7, 11) is 0. The molecule has 86 valence electrons. The molecule has 0 amide bonds. The van der Waals surface area contributed by atoms with Crippen molar-refractivity contribution in [3.63, 3.8) is 0 Å². The molecule has 1 aliphatic carbocycles. The summed E-state index contributed by atoms with van der Waals surface area (Å²) >= 11 is 0. The lowest BCUT2D eigenvalue weighted by molar-refractivity contribution is -0.384. The van der Waals surface area contributed by atoms with Crippen molar-refractivity contribution in [1.82, 2.24) is 5.32 Å². The summed E-state index contributed by atoms with van der Waals surface area (Å²) in [5.41, 5.74) is 1.16. The minimum absolute atomic E-state index is 0.172. The number of hydrogen-bond donors (Lipinski definition) is 1. The fourth-order valence-corrected chi connectivity index (χ4v) is 2.17. The van der Waals surface area contributed by atoms with Crippen LogP contribution in [0.3, 0.4) is 0 Å². The van der Waals surface area contributed by atoms with Crippen LogP contribution < -0.4 is 5.32 Å². The molecule has 0 radical (unpaired) electrons. The lowest BCUT2D eigenvalue weighted by Crippen LogP contribution is -2.25. The Balaban J connectivity index is 1.93. The first-order valence-corrected chi connectivity index (χ1v) is 5.72. The Labute approximate surface area is 94.8 Å². The molecule has 0 unspecified atom stereocenters. The van der Waals surface area contributed by atoms with Crippen LogP contribution in [0, 0.1) is 10.1 Å². The van der Waals surface area contributed by atoms with E-state index in [1.165, 1.54) is 31.7 Å². The zero-order chi connectivity index (χ0) is 11.4. The molecule has 0 aliphatic heterocycles. The summed E-state index contributed by atoms with van der Waals surface area (Å²) in [4.78, 5) is 10.3. The average molecular weight is 220 g/mol. The van der Waals surface area contributed by atoms with Crippen molar-refractivity contribution in [3.05, 3.63) is 39.9 Å². The Kier molecular flexibility index (Phi) is 3.51. The van der Waals surface area contributed by atoms with Crippen LogP contribution in [0.5, 0.6) is 0 Å². The summed E-state index contributed by atoms with van der Waals surface area (Å²) in [5.74, 6) is 0. The molecule has 1 aromatic carbocycles. The predicted octanol–water partition coefficient (Wildman–Crippen LogP) is 2.63. The molecular weight excluding hydrogens is 204 g/mol. The van der Waals surface area contributed by atoms with Crippen LogP contribution >= 0.6 is 0 Å². The van der Waals surface area contributed by atoms with Crippen LogP contribution in [0.15, 0.2) is 24.3 Å². The first kappa shape index (κ1) is 11.1. The monoisotopic (exact) mass is 220 g/mol. The summed E-state index contributed by atoms with van der Waals surface area (Å²) < 4.78 is 0. The van der Waals surface area contributed by atoms with E-state index in [0.29, 0.717) is 6.04 Å². The van der Waals surface area contributed by atoms with E-state index in [0.717, 1.165) is 12.1 Å². The highest BCUT2D eigenvalue weighted by Crippen LogP contribution is 2.19. The van der Waals surface area contributed by atoms with Crippen LogP contribution in [0.25, 0.3) is 0 Å². The van der Waals surface area contributed by atoms with E-state index in [9.17, 15) is 10.1 Å². The lowest BCUT2D eigenvalue weighted by Gasteiger charge is -2.11. The maximum absolute atomic E-state index is 10.6. The van der Waals surface area contributed by atoms with Gasteiger partial charge in [0.2, 0.25) is 0 Å². The van der Waals surface area contributed by atoms with Crippen molar-refractivity contribution in [3.8, 4) is 0 Å². The standard InChI is InChI=1S/C12H16N2O2/c15-14(16)12-7-3-4-10(8-12)9-13-11-5-1-2-6-11/h3-4,7-8,11,13H,1-2,5-6,9H2. The number of nitro benzene ring substituents is 1. The van der Waals surface area contributed by atoms with Gasteiger partial charge in [-0.2, -0.15) is 0 Å². The Morgan fingerprint density at radius 2 is 2.12 bits per heavy atom. The van der Waals surface area contributed by atoms with E-state index in [2.05, 4.69) is 5.32 Å². The molecule has 2 rings (SSSR count). The van der Waals surface area contributed by atoms with Gasteiger partial charge in [-0.1, -0.05) is 25.0 Å². The first-order chi connectivity index (χ1) is 7.75. The highest BCUT2D eigenvalue weighted by molar-refractivity contribution is 5.34. The summed E-state index contributed by atoms with van der Waals surface area (Å²) in [6.07, 6.45) is 5.06. The van der Waals surface area contributed by atoms with Crippen LogP contribution in [-0.4, -0.2) is 11.0 Å². The second-order valence-electron chi connectivity index (χ2n) is 4.29. The maximum Gasteiger partial charge on any atom is 0.269 e. The van der Waals surface area contributed by atoms with Gasteiger partial charge in [0.15, 0.2) is 0 Å². The van der Waals surface area contributed by atoms with E-state index in [4.69, 9.17) is 0 Å². The van der Waals surface area contributed by atoms with E-state index in [1.54, 1.807) is 12.1 Å². The first-order valence-electron chi connectivity index (χ1n) is 5.72. The van der Waals surface area contributed by atoms with Gasteiger partial charge >= 0.3 is 0 Å². The van der Waals surface area contributed by atoms with Gasteiger partial charge in [0.1, 0.15) is 0 Å². The topological polar surface area (TPSA) is 55.2 Å². The number of hydrogen-bond acceptors (Lipinski definition) is 3. The third-order valence-electron chi connectivity index (χ3n) is 3.07. The van der Waals surface area contributed by atoms with Crippen molar-refractivity contribution < 1.29 is 4.92 Å². The third-order valence-corrected chi connectivity index (χ3v) is 3.07. The van der Waals surface area contributed by atoms with Crippen molar-refractivity contribution in [2.75, 3.05) is 0 Å². The molecule has 0 atom stereocenters. The summed E-state index contributed by atoms with van der Waals surface area (Å²) in [5, 5.41) is 14.0. The number of benzene rings is 1. The number of non-ortho nitro benzene ring substituents is 1. The molecule has 16 heavy (non-hydrogen) atoms. The molecule has 0 aromatic heterocycles. The van der Waals surface area contributed by atoms with E-state index >= 15 is 0 Å². The molecular formula is C12H16N2O2. The molecule has 1 N–H and O–H groups in total. The summed E-state index contributed by atoms with van der Waals surface area (Å²) in [6, 6.07) is 7.43. The Morgan fingerprint density at radius 1 is 1.38 bits per heavy atom. The zero-order valence-electron chi connectivity index (χ0n) is 9.19. The fraction of sp³-hybridized carbons (Fsp3) is 0.500. The minimum atomic E-state index is -0.348. The van der Waals surface area contributed by atoms with Crippen molar-refractivity contribution >= 4 is 5.69 Å². The molecule has 0 bridgehead atoms. The zero-order valence-corrected chi connectivity index (χ0v) is 9.19. The number of nitrogens with one attached hydrogen (secondary N) is 1.